The van der Waals surface area contributed by atoms with Gasteiger partial charge in [0.15, 0.2) is 14.6 Å². The van der Waals surface area contributed by atoms with Crippen LogP contribution in [0, 0.1) is 0 Å². The monoisotopic (exact) mass is 294 g/mol. The fourth-order valence-electron chi connectivity index (χ4n) is 1.58. The molecular formula is C12H26O6Si. The van der Waals surface area contributed by atoms with Crippen LogP contribution in [0.2, 0.25) is 18.1 Å². The van der Waals surface area contributed by atoms with E-state index in [1.54, 1.807) is 0 Å². The van der Waals surface area contributed by atoms with Gasteiger partial charge in [-0.25, -0.2) is 0 Å². The molecule has 0 saturated carbocycles. The Balaban J connectivity index is 2.63. The normalized spacial score (nSPS) is 37.4. The molecule has 7 heteroatoms. The van der Waals surface area contributed by atoms with Crippen LogP contribution in [-0.2, 0) is 9.16 Å². The van der Waals surface area contributed by atoms with E-state index < -0.39 is 39.0 Å². The lowest BCUT2D eigenvalue weighted by atomic mass is 10.00. The smallest absolute Gasteiger partial charge is 0.192 e. The number of rotatable bonds is 3. The fourth-order valence-corrected chi connectivity index (χ4v) is 2.59. The molecule has 19 heavy (non-hydrogen) atoms. The van der Waals surface area contributed by atoms with Gasteiger partial charge in [-0.2, -0.15) is 0 Å². The van der Waals surface area contributed by atoms with Crippen LogP contribution in [-0.4, -0.2) is 66.1 Å². The molecule has 0 amide bonds. The van der Waals surface area contributed by atoms with Crippen molar-refractivity contribution in [2.75, 3.05) is 6.61 Å². The molecule has 0 aliphatic carbocycles. The molecule has 0 aromatic heterocycles. The molecule has 0 aromatic carbocycles. The first-order valence-corrected chi connectivity index (χ1v) is 9.40. The Hall–Kier alpha value is -0.0231. The predicted octanol–water partition coefficient (Wildman–Crippen LogP) is -0.192. The van der Waals surface area contributed by atoms with Gasteiger partial charge >= 0.3 is 0 Å². The molecule has 0 spiro atoms. The fraction of sp³-hybridized carbons (Fsp3) is 1.00. The van der Waals surface area contributed by atoms with Crippen molar-refractivity contribution in [3.05, 3.63) is 0 Å². The molecule has 114 valence electrons. The first-order chi connectivity index (χ1) is 8.47. The third-order valence-corrected chi connectivity index (χ3v) is 8.60. The Bertz CT molecular complexity index is 303. The summed E-state index contributed by atoms with van der Waals surface area (Å²) in [5.74, 6) is 0. The van der Waals surface area contributed by atoms with Gasteiger partial charge in [0.05, 0.1) is 6.61 Å². The molecule has 0 radical (unpaired) electrons. The zero-order chi connectivity index (χ0) is 15.0. The van der Waals surface area contributed by atoms with Gasteiger partial charge in [0.2, 0.25) is 0 Å². The molecule has 4 N–H and O–H groups in total. The van der Waals surface area contributed by atoms with Crippen LogP contribution in [0.1, 0.15) is 20.8 Å². The van der Waals surface area contributed by atoms with E-state index in [2.05, 4.69) is 33.9 Å². The zero-order valence-corrected chi connectivity index (χ0v) is 13.2. The summed E-state index contributed by atoms with van der Waals surface area (Å²) in [6, 6.07) is 0. The minimum absolute atomic E-state index is 0.0172. The highest BCUT2D eigenvalue weighted by Crippen LogP contribution is 2.37. The average molecular weight is 294 g/mol. The minimum Gasteiger partial charge on any atom is -0.414 e. The topological polar surface area (TPSA) is 99.4 Å². The Morgan fingerprint density at radius 2 is 1.53 bits per heavy atom. The Morgan fingerprint density at radius 3 is 2.00 bits per heavy atom. The maximum atomic E-state index is 9.81. The standard InChI is InChI=1S/C12H26O6Si/c1-12(2,3)19(4,5)17-6-7-8(13)9(14)10(15)11(16)18-7/h7-11,13-16H,6H2,1-5H3/t7-,8+,9+,10-,11-/m1/s1. The highest BCUT2D eigenvalue weighted by Gasteiger charge is 2.45. The third kappa shape index (κ3) is 3.75. The van der Waals surface area contributed by atoms with E-state index in [0.717, 1.165) is 0 Å². The molecule has 6 nitrogen and oxygen atoms in total. The number of hydrogen-bond acceptors (Lipinski definition) is 6. The number of hydrogen-bond donors (Lipinski definition) is 4. The third-order valence-electron chi connectivity index (χ3n) is 4.10. The SMILES string of the molecule is CC(C)(C)[Si](C)(C)OC[C@H]1O[C@@H](O)[C@H](O)[C@@H](O)[C@H]1O. The lowest BCUT2D eigenvalue weighted by molar-refractivity contribution is -0.285. The van der Waals surface area contributed by atoms with Crippen LogP contribution in [0.3, 0.4) is 0 Å². The molecule has 0 aromatic rings. The van der Waals surface area contributed by atoms with Gasteiger partial charge in [0.25, 0.3) is 0 Å². The van der Waals surface area contributed by atoms with Gasteiger partial charge < -0.3 is 29.6 Å². The number of ether oxygens (including phenoxy) is 1. The van der Waals surface area contributed by atoms with E-state index in [0.29, 0.717) is 0 Å². The van der Waals surface area contributed by atoms with Crippen molar-refractivity contribution in [1.29, 1.82) is 0 Å². The van der Waals surface area contributed by atoms with Crippen LogP contribution in [0.4, 0.5) is 0 Å². The number of aliphatic hydroxyl groups is 4. The van der Waals surface area contributed by atoms with Crippen LogP contribution < -0.4 is 0 Å². The van der Waals surface area contributed by atoms with Crippen LogP contribution in [0.15, 0.2) is 0 Å². The second-order valence-electron chi connectivity index (χ2n) is 6.61. The largest absolute Gasteiger partial charge is 0.414 e. The summed E-state index contributed by atoms with van der Waals surface area (Å²) in [6.45, 7) is 10.5. The molecule has 1 saturated heterocycles. The Kier molecular flexibility index (Phi) is 5.17. The number of aliphatic hydroxyl groups excluding tert-OH is 4. The molecule has 5 atom stereocenters. The molecular weight excluding hydrogens is 268 g/mol. The second kappa shape index (κ2) is 5.77. The van der Waals surface area contributed by atoms with Crippen molar-refractivity contribution >= 4 is 8.32 Å². The van der Waals surface area contributed by atoms with E-state index in [4.69, 9.17) is 9.16 Å². The summed E-state index contributed by atoms with van der Waals surface area (Å²) in [6.07, 6.45) is -6.56. The predicted molar refractivity (Wildman–Crippen MR) is 72.0 cm³/mol. The lowest BCUT2D eigenvalue weighted by Gasteiger charge is -2.41. The molecule has 0 unspecified atom stereocenters. The summed E-state index contributed by atoms with van der Waals surface area (Å²) in [5.41, 5.74) is 0. The summed E-state index contributed by atoms with van der Waals surface area (Å²) in [7, 11) is -2.00. The van der Waals surface area contributed by atoms with Gasteiger partial charge in [-0.3, -0.25) is 0 Å². The van der Waals surface area contributed by atoms with Crippen molar-refractivity contribution in [2.24, 2.45) is 0 Å². The maximum absolute atomic E-state index is 9.81. The first-order valence-electron chi connectivity index (χ1n) is 6.49. The summed E-state index contributed by atoms with van der Waals surface area (Å²) in [4.78, 5) is 0. The average Bonchev–Trinajstić information content (AvgIpc) is 2.28. The minimum atomic E-state index is -2.00. The van der Waals surface area contributed by atoms with Gasteiger partial charge in [0.1, 0.15) is 24.4 Å². The summed E-state index contributed by atoms with van der Waals surface area (Å²) >= 11 is 0. The highest BCUT2D eigenvalue weighted by atomic mass is 28.4. The van der Waals surface area contributed by atoms with Crippen LogP contribution in [0.25, 0.3) is 0 Å². The van der Waals surface area contributed by atoms with E-state index in [-0.39, 0.29) is 11.6 Å². The van der Waals surface area contributed by atoms with E-state index in [9.17, 15) is 20.4 Å². The summed E-state index contributed by atoms with van der Waals surface area (Å²) in [5, 5.41) is 38.2. The first kappa shape index (κ1) is 17.0. The quantitative estimate of drug-likeness (QED) is 0.538. The van der Waals surface area contributed by atoms with Crippen LogP contribution >= 0.6 is 0 Å². The van der Waals surface area contributed by atoms with Gasteiger partial charge in [0, 0.05) is 0 Å². The second-order valence-corrected chi connectivity index (χ2v) is 11.4. The van der Waals surface area contributed by atoms with Crippen molar-refractivity contribution < 1.29 is 29.6 Å². The lowest BCUT2D eigenvalue weighted by Crippen LogP contribution is -2.59. The van der Waals surface area contributed by atoms with Crippen molar-refractivity contribution in [3.63, 3.8) is 0 Å². The van der Waals surface area contributed by atoms with Crippen molar-refractivity contribution in [1.82, 2.24) is 0 Å². The zero-order valence-electron chi connectivity index (χ0n) is 12.2. The molecule has 1 aliphatic heterocycles. The molecule has 1 fully saturated rings. The summed E-state index contributed by atoms with van der Waals surface area (Å²) < 4.78 is 11.0. The van der Waals surface area contributed by atoms with Crippen LogP contribution in [0.5, 0.6) is 0 Å². The molecule has 0 bridgehead atoms. The highest BCUT2D eigenvalue weighted by molar-refractivity contribution is 6.74. The Labute approximate surface area is 115 Å². The van der Waals surface area contributed by atoms with Crippen molar-refractivity contribution in [2.45, 2.75) is 69.6 Å². The van der Waals surface area contributed by atoms with E-state index >= 15 is 0 Å². The van der Waals surface area contributed by atoms with Gasteiger partial charge in [-0.1, -0.05) is 20.8 Å². The molecule has 1 heterocycles. The Morgan fingerprint density at radius 1 is 1.00 bits per heavy atom. The van der Waals surface area contributed by atoms with E-state index in [1.807, 2.05) is 0 Å². The molecule has 1 aliphatic rings. The molecule has 1 rings (SSSR count). The van der Waals surface area contributed by atoms with Gasteiger partial charge in [-0.15, -0.1) is 0 Å². The maximum Gasteiger partial charge on any atom is 0.192 e. The van der Waals surface area contributed by atoms with Gasteiger partial charge in [-0.05, 0) is 18.1 Å². The van der Waals surface area contributed by atoms with Crippen molar-refractivity contribution in [3.8, 4) is 0 Å². The van der Waals surface area contributed by atoms with E-state index in [1.165, 1.54) is 0 Å².